The third-order valence-corrected chi connectivity index (χ3v) is 3.65. The number of terminal acetylenes is 1. The van der Waals surface area contributed by atoms with Gasteiger partial charge >= 0.3 is 5.97 Å². The minimum absolute atomic E-state index is 0.0237. The maximum Gasteiger partial charge on any atom is 0.341 e. The van der Waals surface area contributed by atoms with Crippen LogP contribution in [0, 0.1) is 18.3 Å². The molecule has 1 aromatic carbocycles. The first-order chi connectivity index (χ1) is 9.61. The Kier molecular flexibility index (Phi) is 4.52. The van der Waals surface area contributed by atoms with Gasteiger partial charge in [0.15, 0.2) is 6.61 Å². The van der Waals surface area contributed by atoms with Gasteiger partial charge in [-0.2, -0.15) is 0 Å². The minimum atomic E-state index is -0.413. The number of anilines is 2. The molecule has 1 saturated heterocycles. The number of rotatable bonds is 3. The van der Waals surface area contributed by atoms with Crippen molar-refractivity contribution in [1.29, 1.82) is 0 Å². The predicted molar refractivity (Wildman–Crippen MR) is 80.6 cm³/mol. The molecule has 1 aromatic rings. The highest BCUT2D eigenvalue weighted by Gasteiger charge is 2.21. The summed E-state index contributed by atoms with van der Waals surface area (Å²) >= 11 is 0. The molecule has 0 aliphatic carbocycles. The number of carbonyl (C=O) groups excluding carboxylic acids is 1. The summed E-state index contributed by atoms with van der Waals surface area (Å²) < 4.78 is 5.03. The van der Waals surface area contributed by atoms with Gasteiger partial charge in [-0.05, 0) is 37.0 Å². The lowest BCUT2D eigenvalue weighted by Crippen LogP contribution is -2.34. The molecule has 0 atom stereocenters. The van der Waals surface area contributed by atoms with Crippen LogP contribution in [0.25, 0.3) is 0 Å². The van der Waals surface area contributed by atoms with Gasteiger partial charge in [0.05, 0.1) is 11.3 Å². The molecule has 0 amide bonds. The first kappa shape index (κ1) is 14.3. The van der Waals surface area contributed by atoms with Gasteiger partial charge in [0.2, 0.25) is 0 Å². The predicted octanol–water partition coefficient (Wildman–Crippen LogP) is 2.30. The molecule has 0 saturated carbocycles. The average Bonchev–Trinajstić information content (AvgIpc) is 2.46. The van der Waals surface area contributed by atoms with E-state index in [2.05, 4.69) is 17.7 Å². The Labute approximate surface area is 119 Å². The van der Waals surface area contributed by atoms with E-state index >= 15 is 0 Å². The van der Waals surface area contributed by atoms with E-state index in [1.807, 2.05) is 12.1 Å². The van der Waals surface area contributed by atoms with E-state index in [4.69, 9.17) is 16.9 Å². The van der Waals surface area contributed by atoms with Crippen LogP contribution in [0.2, 0.25) is 0 Å². The summed E-state index contributed by atoms with van der Waals surface area (Å²) in [6, 6.07) is 5.36. The van der Waals surface area contributed by atoms with Crippen molar-refractivity contribution in [3.8, 4) is 12.3 Å². The van der Waals surface area contributed by atoms with Crippen molar-refractivity contribution in [3.63, 3.8) is 0 Å². The van der Waals surface area contributed by atoms with E-state index in [9.17, 15) is 4.79 Å². The van der Waals surface area contributed by atoms with Crippen LogP contribution < -0.4 is 10.6 Å². The third kappa shape index (κ3) is 3.24. The molecular formula is C16H20N2O2. The Bertz CT molecular complexity index is 526. The maximum atomic E-state index is 12.1. The summed E-state index contributed by atoms with van der Waals surface area (Å²) in [4.78, 5) is 14.3. The fourth-order valence-electron chi connectivity index (χ4n) is 2.43. The average molecular weight is 272 g/mol. The van der Waals surface area contributed by atoms with Gasteiger partial charge in [0, 0.05) is 18.8 Å². The summed E-state index contributed by atoms with van der Waals surface area (Å²) in [6.07, 6.45) is 7.37. The van der Waals surface area contributed by atoms with Crippen LogP contribution in [0.15, 0.2) is 18.2 Å². The summed E-state index contributed by atoms with van der Waals surface area (Å²) in [5.41, 5.74) is 7.70. The van der Waals surface area contributed by atoms with Gasteiger partial charge in [0.1, 0.15) is 0 Å². The van der Waals surface area contributed by atoms with Crippen molar-refractivity contribution in [1.82, 2.24) is 0 Å². The second-order valence-electron chi connectivity index (χ2n) is 5.23. The van der Waals surface area contributed by atoms with Crippen LogP contribution in [-0.2, 0) is 4.74 Å². The number of carbonyl (C=O) groups is 1. The van der Waals surface area contributed by atoms with Crippen molar-refractivity contribution in [2.45, 2.75) is 19.8 Å². The SMILES string of the molecule is C#CCOC(=O)c1cc(N)ccc1N1CCC(C)CC1. The molecule has 0 aromatic heterocycles. The van der Waals surface area contributed by atoms with Gasteiger partial charge in [-0.15, -0.1) is 6.42 Å². The molecular weight excluding hydrogens is 252 g/mol. The zero-order valence-electron chi connectivity index (χ0n) is 11.8. The van der Waals surface area contributed by atoms with Crippen LogP contribution in [0.1, 0.15) is 30.1 Å². The Balaban J connectivity index is 2.24. The first-order valence-corrected chi connectivity index (χ1v) is 6.87. The number of ether oxygens (including phenoxy) is 1. The highest BCUT2D eigenvalue weighted by atomic mass is 16.5. The van der Waals surface area contributed by atoms with Gasteiger partial charge in [0.25, 0.3) is 0 Å². The second kappa shape index (κ2) is 6.33. The first-order valence-electron chi connectivity index (χ1n) is 6.87. The molecule has 0 bridgehead atoms. The van der Waals surface area contributed by atoms with E-state index < -0.39 is 5.97 Å². The Morgan fingerprint density at radius 1 is 1.50 bits per heavy atom. The maximum absolute atomic E-state index is 12.1. The standard InChI is InChI=1S/C16H20N2O2/c1-3-10-20-16(19)14-11-13(17)4-5-15(14)18-8-6-12(2)7-9-18/h1,4-5,11-12H,6-10,17H2,2H3. The van der Waals surface area contributed by atoms with E-state index in [1.54, 1.807) is 6.07 Å². The molecule has 1 aliphatic rings. The highest BCUT2D eigenvalue weighted by molar-refractivity contribution is 5.97. The fraction of sp³-hybridized carbons (Fsp3) is 0.438. The van der Waals surface area contributed by atoms with E-state index in [-0.39, 0.29) is 6.61 Å². The van der Waals surface area contributed by atoms with Crippen molar-refractivity contribution >= 4 is 17.3 Å². The lowest BCUT2D eigenvalue weighted by Gasteiger charge is -2.33. The summed E-state index contributed by atoms with van der Waals surface area (Å²) in [7, 11) is 0. The molecule has 0 radical (unpaired) electrons. The number of benzene rings is 1. The Morgan fingerprint density at radius 3 is 2.85 bits per heavy atom. The number of nitrogens with zero attached hydrogens (tertiary/aromatic N) is 1. The normalized spacial score (nSPS) is 15.7. The van der Waals surface area contributed by atoms with Crippen molar-refractivity contribution < 1.29 is 9.53 Å². The lowest BCUT2D eigenvalue weighted by atomic mass is 9.98. The number of esters is 1. The van der Waals surface area contributed by atoms with Crippen LogP contribution in [-0.4, -0.2) is 25.7 Å². The summed E-state index contributed by atoms with van der Waals surface area (Å²) in [6.45, 7) is 4.12. The third-order valence-electron chi connectivity index (χ3n) is 3.65. The molecule has 1 heterocycles. The topological polar surface area (TPSA) is 55.6 Å². The highest BCUT2D eigenvalue weighted by Crippen LogP contribution is 2.28. The summed E-state index contributed by atoms with van der Waals surface area (Å²) in [5.74, 6) is 2.62. The number of nitrogen functional groups attached to an aromatic ring is 1. The minimum Gasteiger partial charge on any atom is -0.449 e. The van der Waals surface area contributed by atoms with Crippen molar-refractivity contribution in [2.75, 3.05) is 30.3 Å². The van der Waals surface area contributed by atoms with Crippen LogP contribution in [0.5, 0.6) is 0 Å². The van der Waals surface area contributed by atoms with Crippen molar-refractivity contribution in [3.05, 3.63) is 23.8 Å². The number of piperidine rings is 1. The van der Waals surface area contributed by atoms with Gasteiger partial charge < -0.3 is 15.4 Å². The number of nitrogens with two attached hydrogens (primary N) is 1. The van der Waals surface area contributed by atoms with E-state index in [1.165, 1.54) is 0 Å². The molecule has 1 aliphatic heterocycles. The molecule has 1 fully saturated rings. The number of hydrogen-bond donors (Lipinski definition) is 1. The van der Waals surface area contributed by atoms with Crippen LogP contribution >= 0.6 is 0 Å². The fourth-order valence-corrected chi connectivity index (χ4v) is 2.43. The smallest absolute Gasteiger partial charge is 0.341 e. The van der Waals surface area contributed by atoms with E-state index in [0.717, 1.165) is 37.5 Å². The second-order valence-corrected chi connectivity index (χ2v) is 5.23. The van der Waals surface area contributed by atoms with Gasteiger partial charge in [-0.3, -0.25) is 0 Å². The molecule has 2 N–H and O–H groups in total. The van der Waals surface area contributed by atoms with Crippen molar-refractivity contribution in [2.24, 2.45) is 5.92 Å². The van der Waals surface area contributed by atoms with Gasteiger partial charge in [-0.25, -0.2) is 4.79 Å². The molecule has 4 nitrogen and oxygen atoms in total. The van der Waals surface area contributed by atoms with E-state index in [0.29, 0.717) is 11.3 Å². The molecule has 0 spiro atoms. The monoisotopic (exact) mass is 272 g/mol. The van der Waals surface area contributed by atoms with Gasteiger partial charge in [-0.1, -0.05) is 12.8 Å². The molecule has 20 heavy (non-hydrogen) atoms. The zero-order chi connectivity index (χ0) is 14.5. The number of hydrogen-bond acceptors (Lipinski definition) is 4. The quantitative estimate of drug-likeness (QED) is 0.521. The lowest BCUT2D eigenvalue weighted by molar-refractivity contribution is 0.0557. The zero-order valence-corrected chi connectivity index (χ0v) is 11.8. The molecule has 0 unspecified atom stereocenters. The molecule has 4 heteroatoms. The van der Waals surface area contributed by atoms with Crippen LogP contribution in [0.3, 0.4) is 0 Å². The summed E-state index contributed by atoms with van der Waals surface area (Å²) in [5, 5.41) is 0. The molecule has 2 rings (SSSR count). The molecule has 106 valence electrons. The van der Waals surface area contributed by atoms with Crippen LogP contribution in [0.4, 0.5) is 11.4 Å². The Hall–Kier alpha value is -2.15. The Morgan fingerprint density at radius 2 is 2.20 bits per heavy atom. The largest absolute Gasteiger partial charge is 0.449 e.